The summed E-state index contributed by atoms with van der Waals surface area (Å²) in [6.07, 6.45) is 0. The summed E-state index contributed by atoms with van der Waals surface area (Å²) in [6.45, 7) is 7.49. The fraction of sp³-hybridized carbons (Fsp3) is 0.435. The standard InChI is InChI=1S/C23H29N3O3/c1-18(20-6-4-3-5-7-20)24(2)23(27)16-26-12-10-25(11-13-26)15-19-8-9-21-22(14-19)29-17-28-21/h3-9,14,18H,10-13,15-17H2,1-2H3/t18-/m0/s1. The highest BCUT2D eigenvalue weighted by atomic mass is 16.7. The molecule has 0 spiro atoms. The third-order valence-corrected chi connectivity index (χ3v) is 5.92. The molecule has 4 rings (SSSR count). The molecule has 0 aliphatic carbocycles. The van der Waals surface area contributed by atoms with Gasteiger partial charge in [-0.05, 0) is 30.2 Å². The molecule has 2 heterocycles. The van der Waals surface area contributed by atoms with E-state index in [-0.39, 0.29) is 11.9 Å². The second-order valence-electron chi connectivity index (χ2n) is 7.83. The third-order valence-electron chi connectivity index (χ3n) is 5.92. The largest absolute Gasteiger partial charge is 0.454 e. The molecule has 1 fully saturated rings. The molecule has 0 unspecified atom stereocenters. The Balaban J connectivity index is 1.25. The van der Waals surface area contributed by atoms with E-state index >= 15 is 0 Å². The number of nitrogens with zero attached hydrogens (tertiary/aromatic N) is 3. The number of amides is 1. The number of hydrogen-bond acceptors (Lipinski definition) is 5. The van der Waals surface area contributed by atoms with E-state index in [1.165, 1.54) is 5.56 Å². The van der Waals surface area contributed by atoms with Crippen LogP contribution in [0.25, 0.3) is 0 Å². The lowest BCUT2D eigenvalue weighted by atomic mass is 10.1. The van der Waals surface area contributed by atoms with Crippen LogP contribution in [-0.4, -0.2) is 67.2 Å². The Labute approximate surface area is 172 Å². The summed E-state index contributed by atoms with van der Waals surface area (Å²) >= 11 is 0. The molecular formula is C23H29N3O3. The summed E-state index contributed by atoms with van der Waals surface area (Å²) < 4.78 is 10.9. The first-order valence-corrected chi connectivity index (χ1v) is 10.2. The molecule has 0 radical (unpaired) electrons. The summed E-state index contributed by atoms with van der Waals surface area (Å²) in [7, 11) is 1.90. The molecule has 2 aromatic carbocycles. The van der Waals surface area contributed by atoms with Gasteiger partial charge >= 0.3 is 0 Å². The summed E-state index contributed by atoms with van der Waals surface area (Å²) in [4.78, 5) is 19.3. The molecule has 2 aromatic rings. The maximum absolute atomic E-state index is 12.8. The van der Waals surface area contributed by atoms with Crippen LogP contribution in [0.2, 0.25) is 0 Å². The molecule has 2 aliphatic rings. The molecule has 2 aliphatic heterocycles. The zero-order valence-corrected chi connectivity index (χ0v) is 17.2. The average molecular weight is 396 g/mol. The first kappa shape index (κ1) is 19.7. The maximum Gasteiger partial charge on any atom is 0.236 e. The van der Waals surface area contributed by atoms with Crippen molar-refractivity contribution in [1.82, 2.24) is 14.7 Å². The Kier molecular flexibility index (Phi) is 6.02. The molecule has 154 valence electrons. The number of fused-ring (bicyclic) bond motifs is 1. The topological polar surface area (TPSA) is 45.3 Å². The number of carbonyl (C=O) groups excluding carboxylic acids is 1. The van der Waals surface area contributed by atoms with Crippen LogP contribution in [0.3, 0.4) is 0 Å². The smallest absolute Gasteiger partial charge is 0.236 e. The molecule has 0 aromatic heterocycles. The van der Waals surface area contributed by atoms with Gasteiger partial charge in [0.05, 0.1) is 12.6 Å². The van der Waals surface area contributed by atoms with Gasteiger partial charge in [0.1, 0.15) is 0 Å². The molecule has 6 heteroatoms. The van der Waals surface area contributed by atoms with Crippen molar-refractivity contribution in [2.75, 3.05) is 46.6 Å². The number of hydrogen-bond donors (Lipinski definition) is 0. The number of likely N-dealkylation sites (N-methyl/N-ethyl adjacent to an activating group) is 1. The SMILES string of the molecule is C[C@@H](c1ccccc1)N(C)C(=O)CN1CCN(Cc2ccc3c(c2)OCO3)CC1. The molecule has 1 atom stereocenters. The van der Waals surface area contributed by atoms with E-state index in [0.29, 0.717) is 13.3 Å². The van der Waals surface area contributed by atoms with Crippen molar-refractivity contribution in [3.05, 3.63) is 59.7 Å². The number of rotatable bonds is 6. The predicted octanol–water partition coefficient (Wildman–Crippen LogP) is 2.75. The van der Waals surface area contributed by atoms with Crippen LogP contribution in [0.4, 0.5) is 0 Å². The Hall–Kier alpha value is -2.57. The third kappa shape index (κ3) is 4.71. The van der Waals surface area contributed by atoms with Gasteiger partial charge in [-0.2, -0.15) is 0 Å². The van der Waals surface area contributed by atoms with Crippen LogP contribution in [-0.2, 0) is 11.3 Å². The van der Waals surface area contributed by atoms with Gasteiger partial charge in [0.25, 0.3) is 0 Å². The molecule has 0 bridgehead atoms. The first-order chi connectivity index (χ1) is 14.1. The van der Waals surface area contributed by atoms with Crippen LogP contribution in [0, 0.1) is 0 Å². The maximum atomic E-state index is 12.8. The van der Waals surface area contributed by atoms with Gasteiger partial charge < -0.3 is 14.4 Å². The normalized spacial score (nSPS) is 17.9. The van der Waals surface area contributed by atoms with Gasteiger partial charge in [-0.3, -0.25) is 14.6 Å². The molecule has 0 saturated carbocycles. The van der Waals surface area contributed by atoms with Crippen molar-refractivity contribution in [1.29, 1.82) is 0 Å². The van der Waals surface area contributed by atoms with E-state index in [0.717, 1.165) is 49.8 Å². The molecule has 1 amide bonds. The quantitative estimate of drug-likeness (QED) is 0.753. The number of ether oxygens (including phenoxy) is 2. The Morgan fingerprint density at radius 1 is 1.00 bits per heavy atom. The van der Waals surface area contributed by atoms with E-state index in [2.05, 4.69) is 41.0 Å². The first-order valence-electron chi connectivity index (χ1n) is 10.2. The van der Waals surface area contributed by atoms with Crippen molar-refractivity contribution in [2.45, 2.75) is 19.5 Å². The highest BCUT2D eigenvalue weighted by Crippen LogP contribution is 2.32. The van der Waals surface area contributed by atoms with Gasteiger partial charge in [-0.25, -0.2) is 0 Å². The van der Waals surface area contributed by atoms with Gasteiger partial charge in [0.15, 0.2) is 11.5 Å². The van der Waals surface area contributed by atoms with E-state index in [9.17, 15) is 4.79 Å². The lowest BCUT2D eigenvalue weighted by Crippen LogP contribution is -2.49. The average Bonchev–Trinajstić information content (AvgIpc) is 3.22. The second kappa shape index (κ2) is 8.84. The van der Waals surface area contributed by atoms with E-state index < -0.39 is 0 Å². The fourth-order valence-corrected chi connectivity index (χ4v) is 3.88. The van der Waals surface area contributed by atoms with Crippen molar-refractivity contribution >= 4 is 5.91 Å². The fourth-order valence-electron chi connectivity index (χ4n) is 3.88. The Bertz CT molecular complexity index is 835. The summed E-state index contributed by atoms with van der Waals surface area (Å²) in [5, 5.41) is 0. The molecule has 6 nitrogen and oxygen atoms in total. The minimum absolute atomic E-state index is 0.0796. The van der Waals surface area contributed by atoms with Gasteiger partial charge in [-0.15, -0.1) is 0 Å². The monoisotopic (exact) mass is 395 g/mol. The van der Waals surface area contributed by atoms with Gasteiger partial charge in [-0.1, -0.05) is 36.4 Å². The zero-order chi connectivity index (χ0) is 20.2. The van der Waals surface area contributed by atoms with Crippen molar-refractivity contribution in [2.24, 2.45) is 0 Å². The van der Waals surface area contributed by atoms with Crippen molar-refractivity contribution in [3.63, 3.8) is 0 Å². The number of piperazine rings is 1. The summed E-state index contributed by atoms with van der Waals surface area (Å²) in [6, 6.07) is 16.4. The van der Waals surface area contributed by atoms with E-state index in [1.807, 2.05) is 36.2 Å². The zero-order valence-electron chi connectivity index (χ0n) is 17.2. The number of carbonyl (C=O) groups is 1. The van der Waals surface area contributed by atoms with Gasteiger partial charge in [0, 0.05) is 39.8 Å². The predicted molar refractivity (Wildman–Crippen MR) is 112 cm³/mol. The van der Waals surface area contributed by atoms with Crippen molar-refractivity contribution in [3.8, 4) is 11.5 Å². The minimum atomic E-state index is 0.0796. The molecule has 0 N–H and O–H groups in total. The van der Waals surface area contributed by atoms with Crippen LogP contribution in [0.5, 0.6) is 11.5 Å². The van der Waals surface area contributed by atoms with Crippen LogP contribution >= 0.6 is 0 Å². The highest BCUT2D eigenvalue weighted by molar-refractivity contribution is 5.78. The Morgan fingerprint density at radius 2 is 1.69 bits per heavy atom. The Morgan fingerprint density at radius 3 is 2.45 bits per heavy atom. The van der Waals surface area contributed by atoms with Crippen LogP contribution in [0.15, 0.2) is 48.5 Å². The molecule has 29 heavy (non-hydrogen) atoms. The van der Waals surface area contributed by atoms with Gasteiger partial charge in [0.2, 0.25) is 12.7 Å². The lowest BCUT2D eigenvalue weighted by molar-refractivity contribution is -0.133. The lowest BCUT2D eigenvalue weighted by Gasteiger charge is -2.35. The molecule has 1 saturated heterocycles. The van der Waals surface area contributed by atoms with Crippen LogP contribution < -0.4 is 9.47 Å². The second-order valence-corrected chi connectivity index (χ2v) is 7.83. The van der Waals surface area contributed by atoms with Crippen LogP contribution in [0.1, 0.15) is 24.1 Å². The molecular weight excluding hydrogens is 366 g/mol. The highest BCUT2D eigenvalue weighted by Gasteiger charge is 2.23. The summed E-state index contributed by atoms with van der Waals surface area (Å²) in [5.74, 6) is 1.83. The van der Waals surface area contributed by atoms with E-state index in [1.54, 1.807) is 0 Å². The number of benzene rings is 2. The minimum Gasteiger partial charge on any atom is -0.454 e. The summed E-state index contributed by atoms with van der Waals surface area (Å²) in [5.41, 5.74) is 2.40. The van der Waals surface area contributed by atoms with E-state index in [4.69, 9.17) is 9.47 Å². The van der Waals surface area contributed by atoms with Crippen molar-refractivity contribution < 1.29 is 14.3 Å².